The summed E-state index contributed by atoms with van der Waals surface area (Å²) in [6, 6.07) is 3.33. The van der Waals surface area contributed by atoms with E-state index in [0.717, 1.165) is 6.07 Å². The minimum absolute atomic E-state index is 0.0909. The van der Waals surface area contributed by atoms with Crippen LogP contribution in [0.1, 0.15) is 55.8 Å². The maximum atomic E-state index is 13.7. The van der Waals surface area contributed by atoms with E-state index in [0.29, 0.717) is 5.82 Å². The first-order valence-corrected chi connectivity index (χ1v) is 7.16. The molecule has 7 heteroatoms. The van der Waals surface area contributed by atoms with E-state index in [9.17, 15) is 9.18 Å². The molecule has 1 atom stereocenters. The Kier molecular flexibility index (Phi) is 4.51. The van der Waals surface area contributed by atoms with Gasteiger partial charge in [-0.3, -0.25) is 4.79 Å². The van der Waals surface area contributed by atoms with Gasteiger partial charge in [0.05, 0.1) is 5.56 Å². The predicted molar refractivity (Wildman–Crippen MR) is 80.3 cm³/mol. The summed E-state index contributed by atoms with van der Waals surface area (Å²) in [5, 5.41) is 6.74. The molecule has 1 aromatic heterocycles. The Morgan fingerprint density at radius 1 is 1.41 bits per heavy atom. The van der Waals surface area contributed by atoms with Gasteiger partial charge in [0, 0.05) is 10.4 Å². The highest BCUT2D eigenvalue weighted by Crippen LogP contribution is 2.21. The summed E-state index contributed by atoms with van der Waals surface area (Å²) in [6.07, 6.45) is 0. The molecule has 5 nitrogen and oxygen atoms in total. The molecule has 0 bridgehead atoms. The van der Waals surface area contributed by atoms with Crippen molar-refractivity contribution in [2.24, 2.45) is 0 Å². The fourth-order valence-corrected chi connectivity index (χ4v) is 1.88. The number of aromatic nitrogens is 2. The zero-order chi connectivity index (χ0) is 16.5. The third kappa shape index (κ3) is 3.62. The molecule has 0 fully saturated rings. The lowest BCUT2D eigenvalue weighted by Gasteiger charge is -2.12. The van der Waals surface area contributed by atoms with E-state index < -0.39 is 17.8 Å². The lowest BCUT2D eigenvalue weighted by molar-refractivity contribution is 0.0928. The number of carbonyl (C=O) groups is 1. The van der Waals surface area contributed by atoms with Gasteiger partial charge in [-0.25, -0.2) is 4.39 Å². The maximum absolute atomic E-state index is 13.7. The van der Waals surface area contributed by atoms with Crippen LogP contribution in [0.4, 0.5) is 4.39 Å². The Balaban J connectivity index is 2.13. The quantitative estimate of drug-likeness (QED) is 0.935. The van der Waals surface area contributed by atoms with E-state index in [2.05, 4.69) is 15.5 Å². The number of amides is 1. The van der Waals surface area contributed by atoms with E-state index in [-0.39, 0.29) is 21.9 Å². The van der Waals surface area contributed by atoms with Crippen molar-refractivity contribution in [1.29, 1.82) is 0 Å². The zero-order valence-corrected chi connectivity index (χ0v) is 13.5. The number of hydrogen-bond donors (Lipinski definition) is 1. The molecule has 22 heavy (non-hydrogen) atoms. The molecule has 0 saturated carbocycles. The molecule has 2 aromatic rings. The van der Waals surface area contributed by atoms with Crippen LogP contribution in [0.5, 0.6) is 0 Å². The van der Waals surface area contributed by atoms with Gasteiger partial charge in [0.25, 0.3) is 5.91 Å². The highest BCUT2D eigenvalue weighted by Gasteiger charge is 2.24. The van der Waals surface area contributed by atoms with E-state index in [4.69, 9.17) is 16.1 Å². The van der Waals surface area contributed by atoms with Gasteiger partial charge in [-0.1, -0.05) is 37.5 Å². The summed E-state index contributed by atoms with van der Waals surface area (Å²) < 4.78 is 18.9. The number of carbonyl (C=O) groups excluding carboxylic acids is 1. The minimum Gasteiger partial charge on any atom is -0.340 e. The molecule has 0 radical (unpaired) electrons. The van der Waals surface area contributed by atoms with E-state index in [1.54, 1.807) is 6.92 Å². The number of halogens is 2. The molecule has 1 aromatic carbocycles. The van der Waals surface area contributed by atoms with Gasteiger partial charge < -0.3 is 9.84 Å². The lowest BCUT2D eigenvalue weighted by Crippen LogP contribution is -2.27. The van der Waals surface area contributed by atoms with Crippen LogP contribution < -0.4 is 5.32 Å². The van der Waals surface area contributed by atoms with E-state index >= 15 is 0 Å². The third-order valence-corrected chi connectivity index (χ3v) is 3.24. The molecule has 0 aliphatic heterocycles. The number of nitrogens with zero attached hydrogens (tertiary/aromatic N) is 2. The van der Waals surface area contributed by atoms with Crippen molar-refractivity contribution in [2.45, 2.75) is 39.2 Å². The van der Waals surface area contributed by atoms with Gasteiger partial charge >= 0.3 is 0 Å². The van der Waals surface area contributed by atoms with Crippen molar-refractivity contribution in [1.82, 2.24) is 15.5 Å². The minimum atomic E-state index is -0.682. The van der Waals surface area contributed by atoms with Crippen molar-refractivity contribution in [3.8, 4) is 0 Å². The first-order valence-electron chi connectivity index (χ1n) is 6.78. The van der Waals surface area contributed by atoms with Crippen molar-refractivity contribution in [3.63, 3.8) is 0 Å². The molecule has 0 aliphatic carbocycles. The van der Waals surface area contributed by atoms with Gasteiger partial charge in [-0.05, 0) is 25.1 Å². The van der Waals surface area contributed by atoms with Crippen LogP contribution in [0.3, 0.4) is 0 Å². The number of benzene rings is 1. The van der Waals surface area contributed by atoms with E-state index in [1.165, 1.54) is 12.1 Å². The summed E-state index contributed by atoms with van der Waals surface area (Å²) in [6.45, 7) is 7.54. The smallest absolute Gasteiger partial charge is 0.254 e. The molecule has 1 N–H and O–H groups in total. The molecular formula is C15H17ClFN3O2. The van der Waals surface area contributed by atoms with Gasteiger partial charge in [-0.2, -0.15) is 4.98 Å². The first kappa shape index (κ1) is 16.4. The normalized spacial score (nSPS) is 13.0. The molecule has 118 valence electrons. The average molecular weight is 326 g/mol. The largest absolute Gasteiger partial charge is 0.340 e. The van der Waals surface area contributed by atoms with Crippen LogP contribution in [-0.4, -0.2) is 16.0 Å². The van der Waals surface area contributed by atoms with Crippen molar-refractivity contribution >= 4 is 17.5 Å². The van der Waals surface area contributed by atoms with Crippen molar-refractivity contribution in [3.05, 3.63) is 46.3 Å². The molecule has 1 amide bonds. The SMILES string of the molecule is CC(NC(=O)c1ccc(Cl)cc1F)c1nc(C(C)(C)C)no1. The summed E-state index contributed by atoms with van der Waals surface area (Å²) in [7, 11) is 0. The lowest BCUT2D eigenvalue weighted by atomic mass is 9.96. The molecule has 0 aliphatic rings. The Morgan fingerprint density at radius 3 is 2.64 bits per heavy atom. The van der Waals surface area contributed by atoms with Crippen LogP contribution in [0.2, 0.25) is 5.02 Å². The van der Waals surface area contributed by atoms with Crippen LogP contribution >= 0.6 is 11.6 Å². The van der Waals surface area contributed by atoms with Crippen LogP contribution in [0.25, 0.3) is 0 Å². The molecular weight excluding hydrogens is 309 g/mol. The number of nitrogens with one attached hydrogen (secondary N) is 1. The van der Waals surface area contributed by atoms with Crippen LogP contribution in [-0.2, 0) is 5.41 Å². The van der Waals surface area contributed by atoms with Gasteiger partial charge in [0.15, 0.2) is 5.82 Å². The Bertz CT molecular complexity index is 694. The van der Waals surface area contributed by atoms with Crippen molar-refractivity contribution < 1.29 is 13.7 Å². The predicted octanol–water partition coefficient (Wildman–Crippen LogP) is 3.65. The van der Waals surface area contributed by atoms with Crippen LogP contribution in [0, 0.1) is 5.82 Å². The van der Waals surface area contributed by atoms with Crippen molar-refractivity contribution in [2.75, 3.05) is 0 Å². The molecule has 1 heterocycles. The number of hydrogen-bond acceptors (Lipinski definition) is 4. The summed E-state index contributed by atoms with van der Waals surface area (Å²) in [5.41, 5.74) is -0.347. The number of rotatable bonds is 3. The summed E-state index contributed by atoms with van der Waals surface area (Å²) in [5.74, 6) is -0.441. The third-order valence-electron chi connectivity index (χ3n) is 3.01. The summed E-state index contributed by atoms with van der Waals surface area (Å²) >= 11 is 5.66. The Hall–Kier alpha value is -1.95. The second-order valence-corrected chi connectivity index (χ2v) is 6.46. The highest BCUT2D eigenvalue weighted by atomic mass is 35.5. The topological polar surface area (TPSA) is 68.0 Å². The second-order valence-electron chi connectivity index (χ2n) is 6.03. The average Bonchev–Trinajstić information content (AvgIpc) is 2.87. The Morgan fingerprint density at radius 2 is 2.09 bits per heavy atom. The fourth-order valence-electron chi connectivity index (χ4n) is 1.73. The van der Waals surface area contributed by atoms with Gasteiger partial charge in [0.2, 0.25) is 5.89 Å². The maximum Gasteiger partial charge on any atom is 0.254 e. The molecule has 1 unspecified atom stereocenters. The summed E-state index contributed by atoms with van der Waals surface area (Å²) in [4.78, 5) is 16.3. The first-order chi connectivity index (χ1) is 10.2. The van der Waals surface area contributed by atoms with Gasteiger partial charge in [-0.15, -0.1) is 0 Å². The molecule has 0 spiro atoms. The van der Waals surface area contributed by atoms with Gasteiger partial charge in [0.1, 0.15) is 11.9 Å². The van der Waals surface area contributed by atoms with Crippen LogP contribution in [0.15, 0.2) is 22.7 Å². The fraction of sp³-hybridized carbons (Fsp3) is 0.400. The second kappa shape index (κ2) is 6.04. The highest BCUT2D eigenvalue weighted by molar-refractivity contribution is 6.30. The molecule has 0 saturated heterocycles. The Labute approximate surface area is 132 Å². The van der Waals surface area contributed by atoms with E-state index in [1.807, 2.05) is 20.8 Å². The molecule has 2 rings (SSSR count). The zero-order valence-electron chi connectivity index (χ0n) is 12.8. The standard InChI is InChI=1S/C15H17ClFN3O2/c1-8(13-19-14(20-22-13)15(2,3)4)18-12(21)10-6-5-9(16)7-11(10)17/h5-8H,1-4H3,(H,18,21). The monoisotopic (exact) mass is 325 g/mol.